The summed E-state index contributed by atoms with van der Waals surface area (Å²) in [7, 11) is 0. The summed E-state index contributed by atoms with van der Waals surface area (Å²) in [6.45, 7) is 4.87. The number of carbonyl (C=O) groups is 2. The minimum atomic E-state index is -0.708. The van der Waals surface area contributed by atoms with Crippen LogP contribution in [0.2, 0.25) is 0 Å². The van der Waals surface area contributed by atoms with E-state index < -0.39 is 11.0 Å². The summed E-state index contributed by atoms with van der Waals surface area (Å²) >= 11 is 0. The summed E-state index contributed by atoms with van der Waals surface area (Å²) in [4.78, 5) is 39.1. The molecule has 0 aliphatic carbocycles. The van der Waals surface area contributed by atoms with Gasteiger partial charge in [0, 0.05) is 11.4 Å². The highest BCUT2D eigenvalue weighted by atomic mass is 16.6. The van der Waals surface area contributed by atoms with E-state index in [1.807, 2.05) is 55.5 Å². The molecule has 4 rings (SSSR count). The number of para-hydroxylation sites is 1. The van der Waals surface area contributed by atoms with E-state index in [0.29, 0.717) is 29.9 Å². The molecule has 170 valence electrons. The SMILES string of the molecule is Cc1ccc(NC(=O)[C@H]2CCc3ccccc3N2C(=O)Cn2nc(C)c([N+](=O)[O-])c2C)cc1. The van der Waals surface area contributed by atoms with Crippen LogP contribution in [0.5, 0.6) is 0 Å². The fraction of sp³-hybridized carbons (Fsp3) is 0.292. The Morgan fingerprint density at radius 1 is 1.12 bits per heavy atom. The van der Waals surface area contributed by atoms with Crippen LogP contribution in [0.1, 0.15) is 28.9 Å². The molecule has 0 spiro atoms. The van der Waals surface area contributed by atoms with Crippen LogP contribution in [0.4, 0.5) is 17.1 Å². The maximum Gasteiger partial charge on any atom is 0.312 e. The van der Waals surface area contributed by atoms with Gasteiger partial charge in [0.05, 0.1) is 4.92 Å². The minimum Gasteiger partial charge on any atom is -0.324 e. The molecule has 0 saturated carbocycles. The Balaban J connectivity index is 1.65. The first-order valence-corrected chi connectivity index (χ1v) is 10.7. The highest BCUT2D eigenvalue weighted by Crippen LogP contribution is 2.32. The molecule has 1 aliphatic heterocycles. The Bertz CT molecular complexity index is 1230. The lowest BCUT2D eigenvalue weighted by Gasteiger charge is -2.36. The summed E-state index contributed by atoms with van der Waals surface area (Å²) in [6, 6.07) is 14.2. The van der Waals surface area contributed by atoms with E-state index in [0.717, 1.165) is 11.1 Å². The Kier molecular flexibility index (Phi) is 5.95. The van der Waals surface area contributed by atoms with Crippen molar-refractivity contribution in [1.82, 2.24) is 9.78 Å². The first-order valence-electron chi connectivity index (χ1n) is 10.7. The molecule has 2 heterocycles. The summed E-state index contributed by atoms with van der Waals surface area (Å²) in [6.07, 6.45) is 1.13. The molecular formula is C24H25N5O4. The maximum absolute atomic E-state index is 13.5. The van der Waals surface area contributed by atoms with Crippen molar-refractivity contribution in [3.05, 3.63) is 81.2 Å². The van der Waals surface area contributed by atoms with Crippen LogP contribution in [0.15, 0.2) is 48.5 Å². The van der Waals surface area contributed by atoms with Gasteiger partial charge < -0.3 is 5.32 Å². The fourth-order valence-electron chi connectivity index (χ4n) is 4.28. The van der Waals surface area contributed by atoms with Crippen LogP contribution in [0, 0.1) is 30.9 Å². The highest BCUT2D eigenvalue weighted by Gasteiger charge is 2.36. The zero-order chi connectivity index (χ0) is 23.7. The molecule has 9 nitrogen and oxygen atoms in total. The Labute approximate surface area is 191 Å². The van der Waals surface area contributed by atoms with E-state index in [2.05, 4.69) is 10.4 Å². The van der Waals surface area contributed by atoms with Crippen molar-refractivity contribution in [2.24, 2.45) is 0 Å². The summed E-state index contributed by atoms with van der Waals surface area (Å²) in [5.41, 5.74) is 3.84. The highest BCUT2D eigenvalue weighted by molar-refractivity contribution is 6.05. The third-order valence-corrected chi connectivity index (χ3v) is 5.95. The number of rotatable bonds is 5. The number of nitrogens with one attached hydrogen (secondary N) is 1. The topological polar surface area (TPSA) is 110 Å². The predicted octanol–water partition coefficient (Wildman–Crippen LogP) is 3.70. The van der Waals surface area contributed by atoms with Crippen molar-refractivity contribution in [1.29, 1.82) is 0 Å². The molecule has 9 heteroatoms. The third-order valence-electron chi connectivity index (χ3n) is 5.95. The predicted molar refractivity (Wildman–Crippen MR) is 124 cm³/mol. The average molecular weight is 447 g/mol. The Hall–Kier alpha value is -4.01. The first kappa shape index (κ1) is 22.2. The van der Waals surface area contributed by atoms with Gasteiger partial charge in [-0.15, -0.1) is 0 Å². The second-order valence-electron chi connectivity index (χ2n) is 8.24. The van der Waals surface area contributed by atoms with E-state index in [-0.39, 0.29) is 29.7 Å². The number of hydrogen-bond acceptors (Lipinski definition) is 5. The molecule has 0 radical (unpaired) electrons. The lowest BCUT2D eigenvalue weighted by atomic mass is 9.95. The van der Waals surface area contributed by atoms with E-state index in [1.54, 1.807) is 13.8 Å². The van der Waals surface area contributed by atoms with Gasteiger partial charge in [0.25, 0.3) is 0 Å². The van der Waals surface area contributed by atoms with Crippen molar-refractivity contribution in [3.63, 3.8) is 0 Å². The zero-order valence-corrected chi connectivity index (χ0v) is 18.7. The minimum absolute atomic E-state index is 0.101. The van der Waals surface area contributed by atoms with Gasteiger partial charge in [-0.25, -0.2) is 0 Å². The third kappa shape index (κ3) is 4.34. The van der Waals surface area contributed by atoms with Crippen molar-refractivity contribution in [3.8, 4) is 0 Å². The number of nitrogens with zero attached hydrogens (tertiary/aromatic N) is 4. The van der Waals surface area contributed by atoms with Gasteiger partial charge in [-0.1, -0.05) is 35.9 Å². The summed E-state index contributed by atoms with van der Waals surface area (Å²) < 4.78 is 1.34. The number of nitro groups is 1. The van der Waals surface area contributed by atoms with Crippen molar-refractivity contribution in [2.75, 3.05) is 10.2 Å². The van der Waals surface area contributed by atoms with Crippen LogP contribution >= 0.6 is 0 Å². The number of carbonyl (C=O) groups excluding carboxylic acids is 2. The van der Waals surface area contributed by atoms with E-state index >= 15 is 0 Å². The van der Waals surface area contributed by atoms with Gasteiger partial charge in [0.2, 0.25) is 11.8 Å². The maximum atomic E-state index is 13.5. The molecule has 1 aliphatic rings. The number of amides is 2. The van der Waals surface area contributed by atoms with Gasteiger partial charge >= 0.3 is 5.69 Å². The number of anilines is 2. The van der Waals surface area contributed by atoms with Crippen LogP contribution in [0.25, 0.3) is 0 Å². The van der Waals surface area contributed by atoms with Crippen molar-refractivity contribution in [2.45, 2.75) is 46.2 Å². The smallest absolute Gasteiger partial charge is 0.312 e. The number of fused-ring (bicyclic) bond motifs is 1. The van der Waals surface area contributed by atoms with Crippen LogP contribution in [-0.2, 0) is 22.6 Å². The fourth-order valence-corrected chi connectivity index (χ4v) is 4.28. The van der Waals surface area contributed by atoms with Crippen molar-refractivity contribution >= 4 is 28.9 Å². The molecule has 1 aromatic heterocycles. The molecule has 1 atom stereocenters. The van der Waals surface area contributed by atoms with Crippen molar-refractivity contribution < 1.29 is 14.5 Å². The average Bonchev–Trinajstić information content (AvgIpc) is 3.07. The number of aryl methyl sites for hydroxylation is 3. The summed E-state index contributed by atoms with van der Waals surface area (Å²) in [5.74, 6) is -0.632. The molecule has 0 bridgehead atoms. The standard InChI is InChI=1S/C24H25N5O4/c1-15-8-11-19(12-9-15)25-24(31)21-13-10-18-6-4-5-7-20(18)28(21)22(30)14-27-17(3)23(29(32)33)16(2)26-27/h4-9,11-12,21H,10,13-14H2,1-3H3,(H,25,31)/t21-/m1/s1. The second-order valence-corrected chi connectivity index (χ2v) is 8.24. The molecule has 2 aromatic carbocycles. The molecule has 0 unspecified atom stereocenters. The Morgan fingerprint density at radius 2 is 1.82 bits per heavy atom. The van der Waals surface area contributed by atoms with Gasteiger partial charge in [0.1, 0.15) is 24.0 Å². The summed E-state index contributed by atoms with van der Waals surface area (Å²) in [5, 5.41) is 18.5. The van der Waals surface area contributed by atoms with Gasteiger partial charge in [0.15, 0.2) is 0 Å². The lowest BCUT2D eigenvalue weighted by molar-refractivity contribution is -0.386. The van der Waals surface area contributed by atoms with Gasteiger partial charge in [-0.05, 0) is 57.4 Å². The normalized spacial score (nSPS) is 15.1. The first-order chi connectivity index (χ1) is 15.8. The van der Waals surface area contributed by atoms with E-state index in [1.165, 1.54) is 9.58 Å². The monoisotopic (exact) mass is 447 g/mol. The van der Waals surface area contributed by atoms with Crippen LogP contribution in [-0.4, -0.2) is 32.6 Å². The molecule has 0 saturated heterocycles. The van der Waals surface area contributed by atoms with E-state index in [9.17, 15) is 19.7 Å². The molecule has 1 N–H and O–H groups in total. The Morgan fingerprint density at radius 3 is 2.48 bits per heavy atom. The quantitative estimate of drug-likeness (QED) is 0.474. The number of hydrogen-bond donors (Lipinski definition) is 1. The number of benzene rings is 2. The molecular weight excluding hydrogens is 422 g/mol. The van der Waals surface area contributed by atoms with Crippen LogP contribution in [0.3, 0.4) is 0 Å². The van der Waals surface area contributed by atoms with Gasteiger partial charge in [-0.3, -0.25) is 29.3 Å². The number of aromatic nitrogens is 2. The second kappa shape index (κ2) is 8.85. The molecule has 0 fully saturated rings. The zero-order valence-electron chi connectivity index (χ0n) is 18.7. The molecule has 3 aromatic rings. The molecule has 33 heavy (non-hydrogen) atoms. The largest absolute Gasteiger partial charge is 0.324 e. The van der Waals surface area contributed by atoms with Crippen LogP contribution < -0.4 is 10.2 Å². The van der Waals surface area contributed by atoms with Gasteiger partial charge in [-0.2, -0.15) is 5.10 Å². The lowest BCUT2D eigenvalue weighted by Crippen LogP contribution is -2.51. The van der Waals surface area contributed by atoms with E-state index in [4.69, 9.17) is 0 Å². The molecule has 2 amide bonds.